The summed E-state index contributed by atoms with van der Waals surface area (Å²) in [5.41, 5.74) is 4.37. The molecular formula is C16H23N3O2. The Bertz CT molecular complexity index is 595. The van der Waals surface area contributed by atoms with Crippen LogP contribution in [-0.2, 0) is 16.1 Å². The number of amides is 1. The summed E-state index contributed by atoms with van der Waals surface area (Å²) >= 11 is 0. The van der Waals surface area contributed by atoms with Gasteiger partial charge in [0.05, 0.1) is 17.6 Å². The van der Waals surface area contributed by atoms with E-state index < -0.39 is 6.10 Å². The smallest absolute Gasteiger partial charge is 0.249 e. The second kappa shape index (κ2) is 6.72. The Morgan fingerprint density at radius 3 is 2.81 bits per heavy atom. The number of aromatic nitrogens is 2. The first-order chi connectivity index (χ1) is 10.0. The van der Waals surface area contributed by atoms with Gasteiger partial charge in [-0.3, -0.25) is 4.79 Å². The zero-order valence-electron chi connectivity index (χ0n) is 13.1. The molecule has 1 atom stereocenters. The number of aryl methyl sites for hydroxylation is 2. The number of imidazole rings is 1. The van der Waals surface area contributed by atoms with Crippen LogP contribution in [-0.4, -0.2) is 28.6 Å². The maximum absolute atomic E-state index is 11.9. The van der Waals surface area contributed by atoms with Gasteiger partial charge >= 0.3 is 0 Å². The average Bonchev–Trinajstić information content (AvgIpc) is 2.84. The van der Waals surface area contributed by atoms with E-state index in [4.69, 9.17) is 4.74 Å². The molecule has 2 aromatic rings. The fourth-order valence-electron chi connectivity index (χ4n) is 2.09. The van der Waals surface area contributed by atoms with Crippen LogP contribution in [0.2, 0.25) is 0 Å². The summed E-state index contributed by atoms with van der Waals surface area (Å²) < 4.78 is 5.39. The van der Waals surface area contributed by atoms with E-state index in [2.05, 4.69) is 41.3 Å². The number of ether oxygens (including phenoxy) is 1. The van der Waals surface area contributed by atoms with Crippen LogP contribution in [0.1, 0.15) is 37.2 Å². The maximum Gasteiger partial charge on any atom is 0.249 e. The van der Waals surface area contributed by atoms with Crippen molar-refractivity contribution in [2.24, 2.45) is 0 Å². The molecule has 1 heterocycles. The molecule has 0 radical (unpaired) electrons. The van der Waals surface area contributed by atoms with E-state index in [1.165, 1.54) is 11.1 Å². The quantitative estimate of drug-likeness (QED) is 0.859. The summed E-state index contributed by atoms with van der Waals surface area (Å²) in [5.74, 6) is 0.641. The molecule has 1 amide bonds. The van der Waals surface area contributed by atoms with Crippen molar-refractivity contribution >= 4 is 16.9 Å². The van der Waals surface area contributed by atoms with Crippen LogP contribution in [0.3, 0.4) is 0 Å². The zero-order valence-corrected chi connectivity index (χ0v) is 13.1. The Hall–Kier alpha value is -1.88. The highest BCUT2D eigenvalue weighted by atomic mass is 16.5. The van der Waals surface area contributed by atoms with E-state index >= 15 is 0 Å². The van der Waals surface area contributed by atoms with Crippen LogP contribution in [0.25, 0.3) is 11.0 Å². The molecule has 2 rings (SSSR count). The average molecular weight is 289 g/mol. The number of carbonyl (C=O) groups excluding carboxylic acids is 1. The van der Waals surface area contributed by atoms with Gasteiger partial charge in [-0.05, 0) is 50.5 Å². The Morgan fingerprint density at radius 2 is 2.10 bits per heavy atom. The lowest BCUT2D eigenvalue weighted by Gasteiger charge is -2.11. The second-order valence-electron chi connectivity index (χ2n) is 5.37. The number of hydrogen-bond donors (Lipinski definition) is 2. The van der Waals surface area contributed by atoms with Crippen LogP contribution in [0.5, 0.6) is 0 Å². The third-order valence-corrected chi connectivity index (χ3v) is 3.52. The number of benzene rings is 1. The lowest BCUT2D eigenvalue weighted by atomic mass is 10.1. The molecule has 0 spiro atoms. The largest absolute Gasteiger partial charge is 0.369 e. The third kappa shape index (κ3) is 3.82. The van der Waals surface area contributed by atoms with Crippen molar-refractivity contribution in [3.63, 3.8) is 0 Å². The molecule has 0 saturated carbocycles. The second-order valence-corrected chi connectivity index (χ2v) is 5.37. The maximum atomic E-state index is 11.9. The van der Waals surface area contributed by atoms with Gasteiger partial charge in [0, 0.05) is 6.61 Å². The number of rotatable bonds is 6. The molecule has 5 heteroatoms. The molecule has 0 saturated heterocycles. The summed E-state index contributed by atoms with van der Waals surface area (Å²) in [6, 6.07) is 4.13. The molecule has 0 aliphatic heterocycles. The summed E-state index contributed by atoms with van der Waals surface area (Å²) in [4.78, 5) is 19.6. The third-order valence-electron chi connectivity index (χ3n) is 3.52. The van der Waals surface area contributed by atoms with E-state index in [1.54, 1.807) is 6.92 Å². The Balaban J connectivity index is 1.99. The summed E-state index contributed by atoms with van der Waals surface area (Å²) in [6.45, 7) is 8.89. The molecule has 1 aromatic carbocycles. The zero-order chi connectivity index (χ0) is 15.4. The van der Waals surface area contributed by atoms with Crippen LogP contribution in [0, 0.1) is 13.8 Å². The highest BCUT2D eigenvalue weighted by molar-refractivity contribution is 5.80. The highest BCUT2D eigenvalue weighted by Gasteiger charge is 2.13. The van der Waals surface area contributed by atoms with Crippen molar-refractivity contribution in [3.05, 3.63) is 29.1 Å². The van der Waals surface area contributed by atoms with Gasteiger partial charge in [0.1, 0.15) is 11.9 Å². The van der Waals surface area contributed by atoms with E-state index in [0.717, 1.165) is 23.3 Å². The van der Waals surface area contributed by atoms with Crippen molar-refractivity contribution in [1.29, 1.82) is 0 Å². The minimum absolute atomic E-state index is 0.115. The summed E-state index contributed by atoms with van der Waals surface area (Å²) in [5, 5.41) is 2.84. The number of nitrogens with zero attached hydrogens (tertiary/aromatic N) is 1. The first-order valence-corrected chi connectivity index (χ1v) is 7.36. The number of aromatic amines is 1. The predicted octanol–water partition coefficient (Wildman–Crippen LogP) is 2.61. The van der Waals surface area contributed by atoms with Gasteiger partial charge in [0.2, 0.25) is 5.91 Å². The molecule has 21 heavy (non-hydrogen) atoms. The van der Waals surface area contributed by atoms with Gasteiger partial charge in [-0.1, -0.05) is 6.92 Å². The fraction of sp³-hybridized carbons (Fsp3) is 0.500. The van der Waals surface area contributed by atoms with Crippen molar-refractivity contribution in [2.45, 2.75) is 46.8 Å². The molecule has 1 aromatic heterocycles. The van der Waals surface area contributed by atoms with Crippen LogP contribution >= 0.6 is 0 Å². The first-order valence-electron chi connectivity index (χ1n) is 7.36. The lowest BCUT2D eigenvalue weighted by Crippen LogP contribution is -2.34. The van der Waals surface area contributed by atoms with Crippen molar-refractivity contribution in [3.8, 4) is 0 Å². The molecule has 2 N–H and O–H groups in total. The lowest BCUT2D eigenvalue weighted by molar-refractivity contribution is -0.131. The van der Waals surface area contributed by atoms with E-state index in [0.29, 0.717) is 13.2 Å². The molecule has 5 nitrogen and oxygen atoms in total. The number of nitrogens with one attached hydrogen (secondary N) is 2. The highest BCUT2D eigenvalue weighted by Crippen LogP contribution is 2.17. The van der Waals surface area contributed by atoms with Gasteiger partial charge in [0.25, 0.3) is 0 Å². The number of carbonyl (C=O) groups is 1. The van der Waals surface area contributed by atoms with E-state index in [-0.39, 0.29) is 5.91 Å². The van der Waals surface area contributed by atoms with Gasteiger partial charge in [-0.15, -0.1) is 0 Å². The minimum Gasteiger partial charge on any atom is -0.369 e. The Kier molecular flexibility index (Phi) is 4.96. The normalized spacial score (nSPS) is 12.6. The minimum atomic E-state index is -0.432. The van der Waals surface area contributed by atoms with Crippen LogP contribution < -0.4 is 5.32 Å². The summed E-state index contributed by atoms with van der Waals surface area (Å²) in [7, 11) is 0. The Labute approximate surface area is 125 Å². The summed E-state index contributed by atoms with van der Waals surface area (Å²) in [6.07, 6.45) is 0.471. The molecule has 0 aliphatic carbocycles. The fourth-order valence-corrected chi connectivity index (χ4v) is 2.09. The molecule has 0 aliphatic rings. The van der Waals surface area contributed by atoms with E-state index in [9.17, 15) is 4.79 Å². The first kappa shape index (κ1) is 15.5. The molecular weight excluding hydrogens is 266 g/mol. The van der Waals surface area contributed by atoms with Gasteiger partial charge in [0.15, 0.2) is 0 Å². The molecule has 0 fully saturated rings. The SMILES string of the molecule is CCCOC(C)C(=O)NCc1nc2cc(C)c(C)cc2[nH]1. The number of hydrogen-bond acceptors (Lipinski definition) is 3. The topological polar surface area (TPSA) is 67.0 Å². The number of H-pyrrole nitrogens is 1. The standard InChI is InChI=1S/C16H23N3O2/c1-5-6-21-12(4)16(20)17-9-15-18-13-7-10(2)11(3)8-14(13)19-15/h7-8,12H,5-6,9H2,1-4H3,(H,17,20)(H,18,19). The van der Waals surface area contributed by atoms with Crippen molar-refractivity contribution in [2.75, 3.05) is 6.61 Å². The molecule has 1 unspecified atom stereocenters. The van der Waals surface area contributed by atoms with Gasteiger partial charge in [-0.2, -0.15) is 0 Å². The van der Waals surface area contributed by atoms with E-state index in [1.807, 2.05) is 6.92 Å². The monoisotopic (exact) mass is 289 g/mol. The van der Waals surface area contributed by atoms with Crippen molar-refractivity contribution in [1.82, 2.24) is 15.3 Å². The van der Waals surface area contributed by atoms with Gasteiger partial charge < -0.3 is 15.0 Å². The Morgan fingerprint density at radius 1 is 1.38 bits per heavy atom. The molecule has 0 bridgehead atoms. The molecule has 114 valence electrons. The number of fused-ring (bicyclic) bond motifs is 1. The van der Waals surface area contributed by atoms with Gasteiger partial charge in [-0.25, -0.2) is 4.98 Å². The van der Waals surface area contributed by atoms with Crippen LogP contribution in [0.4, 0.5) is 0 Å². The predicted molar refractivity (Wildman–Crippen MR) is 83.1 cm³/mol. The van der Waals surface area contributed by atoms with Crippen LogP contribution in [0.15, 0.2) is 12.1 Å². The van der Waals surface area contributed by atoms with Crippen molar-refractivity contribution < 1.29 is 9.53 Å².